The van der Waals surface area contributed by atoms with Crippen molar-refractivity contribution in [1.29, 1.82) is 5.26 Å². The van der Waals surface area contributed by atoms with Gasteiger partial charge in [0.1, 0.15) is 17.6 Å². The average Bonchev–Trinajstić information content (AvgIpc) is 2.21. The van der Waals surface area contributed by atoms with E-state index >= 15 is 0 Å². The molecular formula is C12H21N5. The van der Waals surface area contributed by atoms with Crippen LogP contribution in [0.25, 0.3) is 0 Å². The molecule has 0 aromatic rings. The van der Waals surface area contributed by atoms with Crippen molar-refractivity contribution in [3.63, 3.8) is 0 Å². The third-order valence-electron chi connectivity index (χ3n) is 1.89. The molecule has 0 saturated carbocycles. The lowest BCUT2D eigenvalue weighted by Crippen LogP contribution is -2.43. The third-order valence-corrected chi connectivity index (χ3v) is 1.89. The number of nitriles is 1. The molecule has 0 aliphatic heterocycles. The van der Waals surface area contributed by atoms with E-state index in [0.717, 1.165) is 0 Å². The number of nitrogens with zero attached hydrogens (tertiary/aromatic N) is 3. The van der Waals surface area contributed by atoms with Gasteiger partial charge in [-0.25, -0.2) is 10.8 Å². The molecule has 0 amide bonds. The van der Waals surface area contributed by atoms with Crippen molar-refractivity contribution in [2.24, 2.45) is 22.0 Å². The Morgan fingerprint density at radius 1 is 1.53 bits per heavy atom. The van der Waals surface area contributed by atoms with Crippen molar-refractivity contribution in [3.05, 3.63) is 24.0 Å². The zero-order valence-corrected chi connectivity index (χ0v) is 11.0. The van der Waals surface area contributed by atoms with Crippen LogP contribution in [0, 0.1) is 16.7 Å². The van der Waals surface area contributed by atoms with E-state index in [0.29, 0.717) is 18.0 Å². The Kier molecular flexibility index (Phi) is 5.42. The molecule has 0 bridgehead atoms. The van der Waals surface area contributed by atoms with Crippen LogP contribution in [0.5, 0.6) is 0 Å². The van der Waals surface area contributed by atoms with Crippen LogP contribution in [0.2, 0.25) is 0 Å². The summed E-state index contributed by atoms with van der Waals surface area (Å²) in [5, 5.41) is 10.2. The SMILES string of the molecule is C=C(C#N)N=C(/C(C)=C\N)N(N)CC(C)(C)C. The van der Waals surface area contributed by atoms with Gasteiger partial charge in [-0.1, -0.05) is 27.4 Å². The summed E-state index contributed by atoms with van der Waals surface area (Å²) in [5.41, 5.74) is 6.27. The number of allylic oxidation sites excluding steroid dienone is 1. The van der Waals surface area contributed by atoms with E-state index in [2.05, 4.69) is 32.3 Å². The summed E-state index contributed by atoms with van der Waals surface area (Å²) in [4.78, 5) is 4.06. The van der Waals surface area contributed by atoms with E-state index in [1.807, 2.05) is 6.07 Å². The van der Waals surface area contributed by atoms with Crippen molar-refractivity contribution in [2.45, 2.75) is 27.7 Å². The molecule has 0 aromatic carbocycles. The van der Waals surface area contributed by atoms with Gasteiger partial charge in [0.15, 0.2) is 0 Å². The molecule has 0 aromatic heterocycles. The van der Waals surface area contributed by atoms with Crippen LogP contribution in [-0.4, -0.2) is 17.4 Å². The second-order valence-corrected chi connectivity index (χ2v) is 5.03. The third kappa shape index (κ3) is 5.73. The van der Waals surface area contributed by atoms with Gasteiger partial charge in [0.25, 0.3) is 0 Å². The first-order valence-electron chi connectivity index (χ1n) is 5.30. The standard InChI is InChI=1S/C12H21N5/c1-9(6-13)11(16-10(2)7-14)17(15)8-12(3,4)5/h6H,2,8,13,15H2,1,3-5H3/b9-6-,16-11?. The van der Waals surface area contributed by atoms with Gasteiger partial charge in [0, 0.05) is 18.3 Å². The molecule has 0 spiro atoms. The molecule has 0 aliphatic carbocycles. The van der Waals surface area contributed by atoms with Crippen molar-refractivity contribution >= 4 is 5.84 Å². The van der Waals surface area contributed by atoms with Gasteiger partial charge >= 0.3 is 0 Å². The Morgan fingerprint density at radius 3 is 2.41 bits per heavy atom. The highest BCUT2D eigenvalue weighted by Gasteiger charge is 2.18. The Labute approximate surface area is 103 Å². The summed E-state index contributed by atoms with van der Waals surface area (Å²) in [7, 11) is 0. The minimum atomic E-state index is 0.0123. The summed E-state index contributed by atoms with van der Waals surface area (Å²) in [5.74, 6) is 6.41. The zero-order valence-electron chi connectivity index (χ0n) is 11.0. The van der Waals surface area contributed by atoms with Gasteiger partial charge in [-0.05, 0) is 12.3 Å². The molecule has 17 heavy (non-hydrogen) atoms. The van der Waals surface area contributed by atoms with Crippen LogP contribution in [0.3, 0.4) is 0 Å². The number of hydrogen-bond donors (Lipinski definition) is 2. The zero-order chi connectivity index (χ0) is 13.6. The second kappa shape index (κ2) is 6.06. The summed E-state index contributed by atoms with van der Waals surface area (Å²) in [6.07, 6.45) is 1.41. The van der Waals surface area contributed by atoms with Crippen LogP contribution in [0.15, 0.2) is 29.0 Å². The largest absolute Gasteiger partial charge is 0.404 e. The highest BCUT2D eigenvalue weighted by Crippen LogP contribution is 2.15. The lowest BCUT2D eigenvalue weighted by atomic mass is 9.96. The fraction of sp³-hybridized carbons (Fsp3) is 0.500. The first kappa shape index (κ1) is 15.2. The monoisotopic (exact) mass is 235 g/mol. The van der Waals surface area contributed by atoms with Gasteiger partial charge in [-0.2, -0.15) is 5.26 Å². The van der Waals surface area contributed by atoms with Crippen LogP contribution in [0.4, 0.5) is 0 Å². The number of hydrazine groups is 1. The van der Waals surface area contributed by atoms with Crippen LogP contribution in [0.1, 0.15) is 27.7 Å². The minimum Gasteiger partial charge on any atom is -0.404 e. The highest BCUT2D eigenvalue weighted by atomic mass is 15.4. The normalized spacial score (nSPS) is 13.2. The number of rotatable bonds is 3. The Morgan fingerprint density at radius 2 is 2.06 bits per heavy atom. The fourth-order valence-electron chi connectivity index (χ4n) is 1.19. The molecule has 0 heterocycles. The maximum absolute atomic E-state index is 8.69. The molecule has 0 atom stereocenters. The first-order valence-corrected chi connectivity index (χ1v) is 5.30. The Balaban J connectivity index is 5.16. The summed E-state index contributed by atoms with van der Waals surface area (Å²) in [6, 6.07) is 1.86. The molecule has 0 rings (SSSR count). The second-order valence-electron chi connectivity index (χ2n) is 5.03. The maximum atomic E-state index is 8.69. The number of aliphatic imine (C=N–C) groups is 1. The fourth-order valence-corrected chi connectivity index (χ4v) is 1.19. The first-order chi connectivity index (χ1) is 7.71. The molecule has 0 aliphatic rings. The van der Waals surface area contributed by atoms with E-state index in [1.54, 1.807) is 6.92 Å². The van der Waals surface area contributed by atoms with E-state index in [-0.39, 0.29) is 11.1 Å². The van der Waals surface area contributed by atoms with E-state index in [4.69, 9.17) is 16.8 Å². The van der Waals surface area contributed by atoms with Crippen molar-refractivity contribution in [3.8, 4) is 6.07 Å². The summed E-state index contributed by atoms with van der Waals surface area (Å²) < 4.78 is 0. The lowest BCUT2D eigenvalue weighted by Gasteiger charge is -2.28. The lowest BCUT2D eigenvalue weighted by molar-refractivity contribution is 0.280. The van der Waals surface area contributed by atoms with Crippen LogP contribution >= 0.6 is 0 Å². The molecule has 94 valence electrons. The quantitative estimate of drug-likeness (QED) is 0.255. The van der Waals surface area contributed by atoms with Crippen molar-refractivity contribution in [2.75, 3.05) is 6.54 Å². The maximum Gasteiger partial charge on any atom is 0.148 e. The van der Waals surface area contributed by atoms with Gasteiger partial charge in [0.2, 0.25) is 0 Å². The van der Waals surface area contributed by atoms with E-state index in [9.17, 15) is 0 Å². The Bertz CT molecular complexity index is 379. The van der Waals surface area contributed by atoms with Gasteiger partial charge in [-0.15, -0.1) is 0 Å². The minimum absolute atomic E-state index is 0.0123. The smallest absolute Gasteiger partial charge is 0.148 e. The predicted octanol–water partition coefficient (Wildman–Crippen LogP) is 1.51. The molecule has 0 fully saturated rings. The molecule has 0 unspecified atom stereocenters. The Hall–Kier alpha value is -1.80. The average molecular weight is 235 g/mol. The molecule has 0 radical (unpaired) electrons. The molecule has 5 nitrogen and oxygen atoms in total. The van der Waals surface area contributed by atoms with Crippen molar-refractivity contribution in [1.82, 2.24) is 5.01 Å². The topological polar surface area (TPSA) is 91.4 Å². The summed E-state index contributed by atoms with van der Waals surface area (Å²) in [6.45, 7) is 12.1. The van der Waals surface area contributed by atoms with E-state index in [1.165, 1.54) is 11.2 Å². The van der Waals surface area contributed by atoms with Gasteiger partial charge < -0.3 is 5.73 Å². The number of nitrogens with two attached hydrogens (primary N) is 2. The van der Waals surface area contributed by atoms with Gasteiger partial charge in [0.05, 0.1) is 0 Å². The molecule has 5 heteroatoms. The van der Waals surface area contributed by atoms with Crippen LogP contribution in [-0.2, 0) is 0 Å². The molecule has 4 N–H and O–H groups in total. The molecule has 0 saturated heterocycles. The number of hydrogen-bond acceptors (Lipinski definition) is 4. The highest BCUT2D eigenvalue weighted by molar-refractivity contribution is 5.98. The van der Waals surface area contributed by atoms with Crippen LogP contribution < -0.4 is 11.6 Å². The van der Waals surface area contributed by atoms with E-state index < -0.39 is 0 Å². The predicted molar refractivity (Wildman–Crippen MR) is 70.5 cm³/mol. The van der Waals surface area contributed by atoms with Crippen molar-refractivity contribution < 1.29 is 0 Å². The summed E-state index contributed by atoms with van der Waals surface area (Å²) >= 11 is 0. The molecular weight excluding hydrogens is 214 g/mol. The van der Waals surface area contributed by atoms with Gasteiger partial charge in [-0.3, -0.25) is 5.01 Å². The number of amidine groups is 1.